The van der Waals surface area contributed by atoms with Gasteiger partial charge in [0, 0.05) is 30.9 Å². The summed E-state index contributed by atoms with van der Waals surface area (Å²) in [5.41, 5.74) is 0.835. The van der Waals surface area contributed by atoms with Crippen molar-refractivity contribution in [1.82, 2.24) is 4.98 Å². The normalized spacial score (nSPS) is 14.3. The molecule has 3 aromatic rings. The predicted molar refractivity (Wildman–Crippen MR) is 106 cm³/mol. The molecule has 0 saturated carbocycles. The maximum absolute atomic E-state index is 14.1. The van der Waals surface area contributed by atoms with Gasteiger partial charge in [-0.25, -0.2) is 4.98 Å². The summed E-state index contributed by atoms with van der Waals surface area (Å²) in [4.78, 5) is 17.3. The van der Waals surface area contributed by atoms with E-state index in [2.05, 4.69) is 15.2 Å². The molecule has 2 aromatic carbocycles. The molecule has 0 aliphatic carbocycles. The largest absolute Gasteiger partial charge is 0.497 e. The first-order chi connectivity index (χ1) is 13.5. The molecule has 1 aliphatic rings. The molecule has 0 bridgehead atoms. The lowest BCUT2D eigenvalue weighted by atomic mass is 10.2. The highest BCUT2D eigenvalue weighted by atomic mass is 32.1. The molecule has 1 N–H and O–H groups in total. The minimum absolute atomic E-state index is 0.0270. The third-order valence-electron chi connectivity index (χ3n) is 4.39. The number of nitro benzene ring substituents is 1. The van der Waals surface area contributed by atoms with Gasteiger partial charge in [-0.15, -0.1) is 0 Å². The van der Waals surface area contributed by atoms with Crippen LogP contribution in [-0.4, -0.2) is 43.3 Å². The second-order valence-corrected chi connectivity index (χ2v) is 7.17. The first-order valence-corrected chi connectivity index (χ1v) is 9.39. The molecule has 0 spiro atoms. The van der Waals surface area contributed by atoms with Crippen molar-refractivity contribution in [2.75, 3.05) is 43.6 Å². The van der Waals surface area contributed by atoms with Crippen LogP contribution >= 0.6 is 11.3 Å². The van der Waals surface area contributed by atoms with Gasteiger partial charge in [-0.05, 0) is 18.2 Å². The van der Waals surface area contributed by atoms with Crippen LogP contribution in [0.15, 0.2) is 30.3 Å². The van der Waals surface area contributed by atoms with Crippen molar-refractivity contribution >= 4 is 43.7 Å². The Morgan fingerprint density at radius 3 is 2.82 bits per heavy atom. The Morgan fingerprint density at radius 2 is 2.11 bits per heavy atom. The fourth-order valence-electron chi connectivity index (χ4n) is 3.01. The number of nitrogens with one attached hydrogen (secondary N) is 1. The third kappa shape index (κ3) is 3.56. The first-order valence-electron chi connectivity index (χ1n) is 8.57. The lowest BCUT2D eigenvalue weighted by Gasteiger charge is -2.25. The molecule has 1 saturated heterocycles. The van der Waals surface area contributed by atoms with Gasteiger partial charge in [0.05, 0.1) is 35.5 Å². The summed E-state index contributed by atoms with van der Waals surface area (Å²) >= 11 is 1.54. The molecule has 1 aromatic heterocycles. The molecule has 1 fully saturated rings. The van der Waals surface area contributed by atoms with Crippen LogP contribution in [-0.2, 0) is 4.74 Å². The van der Waals surface area contributed by atoms with E-state index in [1.807, 2.05) is 12.1 Å². The van der Waals surface area contributed by atoms with Gasteiger partial charge in [0.2, 0.25) is 5.82 Å². The molecule has 2 heterocycles. The van der Waals surface area contributed by atoms with Gasteiger partial charge in [-0.3, -0.25) is 10.1 Å². The smallest absolute Gasteiger partial charge is 0.328 e. The van der Waals surface area contributed by atoms with Gasteiger partial charge in [-0.2, -0.15) is 4.39 Å². The van der Waals surface area contributed by atoms with E-state index in [9.17, 15) is 14.5 Å². The van der Waals surface area contributed by atoms with Crippen molar-refractivity contribution in [2.24, 2.45) is 0 Å². The average Bonchev–Trinajstić information content (AvgIpc) is 3.11. The summed E-state index contributed by atoms with van der Waals surface area (Å²) in [5, 5.41) is 15.1. The summed E-state index contributed by atoms with van der Waals surface area (Å²) in [5.74, 6) is -0.764. The summed E-state index contributed by atoms with van der Waals surface area (Å²) < 4.78 is 25.4. The zero-order chi connectivity index (χ0) is 19.7. The minimum atomic E-state index is -0.958. The number of morpholine rings is 1. The van der Waals surface area contributed by atoms with E-state index in [0.29, 0.717) is 18.9 Å². The minimum Gasteiger partial charge on any atom is -0.497 e. The number of hydrogen-bond acceptors (Lipinski definition) is 8. The lowest BCUT2D eigenvalue weighted by Crippen LogP contribution is -2.36. The fourth-order valence-corrected chi connectivity index (χ4v) is 4.07. The van der Waals surface area contributed by atoms with Gasteiger partial charge < -0.3 is 19.7 Å². The topological polar surface area (TPSA) is 89.8 Å². The van der Waals surface area contributed by atoms with Crippen molar-refractivity contribution in [2.45, 2.75) is 0 Å². The molecule has 4 rings (SSSR count). The first kappa shape index (κ1) is 18.4. The number of methoxy groups -OCH3 is 1. The van der Waals surface area contributed by atoms with Crippen LogP contribution in [0.25, 0.3) is 10.2 Å². The molecule has 0 atom stereocenters. The zero-order valence-corrected chi connectivity index (χ0v) is 15.8. The lowest BCUT2D eigenvalue weighted by molar-refractivity contribution is -0.386. The highest BCUT2D eigenvalue weighted by Gasteiger charge is 2.23. The number of halogens is 1. The highest BCUT2D eigenvalue weighted by Crippen LogP contribution is 2.36. The summed E-state index contributed by atoms with van der Waals surface area (Å²) in [6, 6.07) is 7.83. The monoisotopic (exact) mass is 404 g/mol. The van der Waals surface area contributed by atoms with Crippen molar-refractivity contribution in [3.63, 3.8) is 0 Å². The number of nitro groups is 1. The Balaban J connectivity index is 1.66. The van der Waals surface area contributed by atoms with Crippen molar-refractivity contribution in [1.29, 1.82) is 0 Å². The van der Waals surface area contributed by atoms with E-state index < -0.39 is 16.4 Å². The second-order valence-electron chi connectivity index (χ2n) is 6.17. The van der Waals surface area contributed by atoms with E-state index in [1.165, 1.54) is 24.5 Å². The molecule has 0 amide bonds. The van der Waals surface area contributed by atoms with Gasteiger partial charge >= 0.3 is 5.69 Å². The molecule has 146 valence electrons. The number of nitrogens with zero attached hydrogens (tertiary/aromatic N) is 3. The molecule has 8 nitrogen and oxygen atoms in total. The summed E-state index contributed by atoms with van der Waals surface area (Å²) in [6.45, 7) is 2.93. The highest BCUT2D eigenvalue weighted by molar-refractivity contribution is 7.22. The number of benzene rings is 2. The molecule has 10 heteroatoms. The Bertz CT molecular complexity index is 1040. The van der Waals surface area contributed by atoms with E-state index in [4.69, 9.17) is 9.47 Å². The van der Waals surface area contributed by atoms with Gasteiger partial charge in [0.15, 0.2) is 5.13 Å². The Kier molecular flexibility index (Phi) is 4.97. The Morgan fingerprint density at radius 1 is 1.32 bits per heavy atom. The molecule has 1 aliphatic heterocycles. The molecule has 28 heavy (non-hydrogen) atoms. The van der Waals surface area contributed by atoms with E-state index in [-0.39, 0.29) is 11.4 Å². The predicted octanol–water partition coefficient (Wildman–Crippen LogP) is 3.93. The standard InChI is InChI=1S/C18H17FN4O4S/c1-26-12-9-13(19)17(23(24)25)15(10-12)20-11-2-3-14-16(8-11)28-18(21-14)22-4-6-27-7-5-22/h2-3,8-10,20H,4-7H2,1H3. The molecular weight excluding hydrogens is 387 g/mol. The van der Waals surface area contributed by atoms with Crippen LogP contribution in [0.1, 0.15) is 0 Å². The van der Waals surface area contributed by atoms with Crippen molar-refractivity contribution < 1.29 is 18.8 Å². The van der Waals surface area contributed by atoms with Crippen LogP contribution in [0.2, 0.25) is 0 Å². The number of rotatable bonds is 5. The van der Waals surface area contributed by atoms with Crippen LogP contribution in [0.5, 0.6) is 5.75 Å². The fraction of sp³-hybridized carbons (Fsp3) is 0.278. The second kappa shape index (κ2) is 7.56. The third-order valence-corrected chi connectivity index (χ3v) is 5.47. The van der Waals surface area contributed by atoms with Gasteiger partial charge in [0.25, 0.3) is 0 Å². The number of aromatic nitrogens is 1. The van der Waals surface area contributed by atoms with E-state index >= 15 is 0 Å². The maximum Gasteiger partial charge on any atom is 0.328 e. The number of ether oxygens (including phenoxy) is 2. The number of hydrogen-bond donors (Lipinski definition) is 1. The molecule has 0 radical (unpaired) electrons. The maximum atomic E-state index is 14.1. The van der Waals surface area contributed by atoms with Crippen molar-refractivity contribution in [3.8, 4) is 5.75 Å². The number of thiazole rings is 1. The SMILES string of the molecule is COc1cc(F)c([N+](=O)[O-])c(Nc2ccc3nc(N4CCOCC4)sc3c2)c1. The number of anilines is 3. The summed E-state index contributed by atoms with van der Waals surface area (Å²) in [6.07, 6.45) is 0. The average molecular weight is 404 g/mol. The molecular formula is C18H17FN4O4S. The van der Waals surface area contributed by atoms with Gasteiger partial charge in [-0.1, -0.05) is 11.3 Å². The van der Waals surface area contributed by atoms with Crippen LogP contribution < -0.4 is 15.0 Å². The van der Waals surface area contributed by atoms with E-state index in [0.717, 1.165) is 34.5 Å². The van der Waals surface area contributed by atoms with Gasteiger partial charge in [0.1, 0.15) is 11.4 Å². The van der Waals surface area contributed by atoms with Crippen molar-refractivity contribution in [3.05, 3.63) is 46.3 Å². The Labute approximate surface area is 163 Å². The quantitative estimate of drug-likeness (QED) is 0.509. The van der Waals surface area contributed by atoms with Crippen LogP contribution in [0, 0.1) is 15.9 Å². The Hall–Kier alpha value is -2.98. The van der Waals surface area contributed by atoms with Crippen LogP contribution in [0.4, 0.5) is 26.6 Å². The zero-order valence-electron chi connectivity index (χ0n) is 15.0. The molecule has 0 unspecified atom stereocenters. The van der Waals surface area contributed by atoms with Crippen LogP contribution in [0.3, 0.4) is 0 Å². The number of fused-ring (bicyclic) bond motifs is 1. The summed E-state index contributed by atoms with van der Waals surface area (Å²) in [7, 11) is 1.38. The van der Waals surface area contributed by atoms with E-state index in [1.54, 1.807) is 6.07 Å².